The summed E-state index contributed by atoms with van der Waals surface area (Å²) in [5.41, 5.74) is 0.777. The zero-order valence-corrected chi connectivity index (χ0v) is 10.0. The first kappa shape index (κ1) is 11.5. The van der Waals surface area contributed by atoms with Gasteiger partial charge in [-0.2, -0.15) is 10.1 Å². The Balaban J connectivity index is 2.24. The number of Topliss-reactive ketones (excluding diaryl/α,β-unsaturated/α-hetero) is 1. The van der Waals surface area contributed by atoms with Gasteiger partial charge in [-0.15, -0.1) is 0 Å². The Bertz CT molecular complexity index is 529. The van der Waals surface area contributed by atoms with Gasteiger partial charge in [0, 0.05) is 19.7 Å². The Morgan fingerprint density at radius 3 is 2.94 bits per heavy atom. The quantitative estimate of drug-likeness (QED) is 0.802. The first-order valence-electron chi connectivity index (χ1n) is 5.47. The largest absolute Gasteiger partial charge is 0.338 e. The van der Waals surface area contributed by atoms with Gasteiger partial charge in [-0.3, -0.25) is 9.48 Å². The van der Waals surface area contributed by atoms with E-state index in [4.69, 9.17) is 4.52 Å². The van der Waals surface area contributed by atoms with Gasteiger partial charge in [-0.25, -0.2) is 0 Å². The van der Waals surface area contributed by atoms with Gasteiger partial charge in [-0.05, 0) is 6.92 Å². The summed E-state index contributed by atoms with van der Waals surface area (Å²) in [6, 6.07) is 0. The van der Waals surface area contributed by atoms with Crippen LogP contribution in [0.25, 0.3) is 11.4 Å². The predicted octanol–water partition coefficient (Wildman–Crippen LogP) is 1.55. The number of hydrogen-bond acceptors (Lipinski definition) is 5. The van der Waals surface area contributed by atoms with E-state index in [-0.39, 0.29) is 11.7 Å². The molecule has 2 rings (SSSR count). The van der Waals surface area contributed by atoms with Gasteiger partial charge in [0.25, 0.3) is 0 Å². The smallest absolute Gasteiger partial charge is 0.237 e. The van der Waals surface area contributed by atoms with E-state index in [1.165, 1.54) is 0 Å². The number of nitrogens with zero attached hydrogens (tertiary/aromatic N) is 4. The molecule has 0 aliphatic rings. The Hall–Kier alpha value is -1.98. The van der Waals surface area contributed by atoms with E-state index in [1.807, 2.05) is 14.0 Å². The number of carbonyl (C=O) groups is 1. The van der Waals surface area contributed by atoms with Crippen molar-refractivity contribution in [1.29, 1.82) is 0 Å². The molecule has 0 saturated carbocycles. The monoisotopic (exact) mass is 234 g/mol. The lowest BCUT2D eigenvalue weighted by atomic mass is 10.1. The standard InChI is InChI=1S/C11H14N4O2/c1-4-9(16)7(2)11-13-10(14-17-11)8-5-12-15(3)6-8/h5-7H,4H2,1-3H3. The molecule has 0 spiro atoms. The van der Waals surface area contributed by atoms with Crippen LogP contribution in [0.3, 0.4) is 0 Å². The number of aromatic nitrogens is 4. The Labute approximate surface area is 98.6 Å². The molecule has 2 aromatic heterocycles. The average molecular weight is 234 g/mol. The molecular formula is C11H14N4O2. The number of ketones is 1. The fourth-order valence-electron chi connectivity index (χ4n) is 1.51. The maximum Gasteiger partial charge on any atom is 0.237 e. The minimum absolute atomic E-state index is 0.0892. The lowest BCUT2D eigenvalue weighted by Gasteiger charge is -2.00. The third-order valence-corrected chi connectivity index (χ3v) is 2.61. The third kappa shape index (κ3) is 2.25. The number of rotatable bonds is 4. The molecule has 0 aliphatic heterocycles. The molecule has 2 aromatic rings. The zero-order valence-electron chi connectivity index (χ0n) is 10.0. The number of hydrogen-bond donors (Lipinski definition) is 0. The van der Waals surface area contributed by atoms with Gasteiger partial charge in [0.1, 0.15) is 5.78 Å². The molecule has 6 heteroatoms. The summed E-state index contributed by atoms with van der Waals surface area (Å²) < 4.78 is 6.75. The molecule has 0 aliphatic carbocycles. The highest BCUT2D eigenvalue weighted by Gasteiger charge is 2.20. The van der Waals surface area contributed by atoms with Crippen molar-refractivity contribution in [3.63, 3.8) is 0 Å². The molecule has 0 bridgehead atoms. The summed E-state index contributed by atoms with van der Waals surface area (Å²) in [7, 11) is 1.81. The summed E-state index contributed by atoms with van der Waals surface area (Å²) >= 11 is 0. The SMILES string of the molecule is CCC(=O)C(C)c1nc(-c2cnn(C)c2)no1. The van der Waals surface area contributed by atoms with Crippen LogP contribution < -0.4 is 0 Å². The molecule has 0 fully saturated rings. The summed E-state index contributed by atoms with van der Waals surface area (Å²) in [6.07, 6.45) is 3.91. The average Bonchev–Trinajstić information content (AvgIpc) is 2.95. The van der Waals surface area contributed by atoms with E-state index in [0.717, 1.165) is 5.56 Å². The van der Waals surface area contributed by atoms with E-state index < -0.39 is 0 Å². The van der Waals surface area contributed by atoms with Crippen LogP contribution in [0.4, 0.5) is 0 Å². The highest BCUT2D eigenvalue weighted by Crippen LogP contribution is 2.20. The highest BCUT2D eigenvalue weighted by molar-refractivity contribution is 5.84. The van der Waals surface area contributed by atoms with Crippen LogP contribution in [-0.4, -0.2) is 25.7 Å². The summed E-state index contributed by atoms with van der Waals surface area (Å²) in [6.45, 7) is 3.59. The summed E-state index contributed by atoms with van der Waals surface area (Å²) in [5.74, 6) is 0.559. The van der Waals surface area contributed by atoms with E-state index in [1.54, 1.807) is 24.0 Å². The summed E-state index contributed by atoms with van der Waals surface area (Å²) in [4.78, 5) is 15.7. The van der Waals surface area contributed by atoms with E-state index >= 15 is 0 Å². The lowest BCUT2D eigenvalue weighted by molar-refractivity contribution is -0.120. The Morgan fingerprint density at radius 2 is 2.35 bits per heavy atom. The maximum absolute atomic E-state index is 11.5. The van der Waals surface area contributed by atoms with E-state index in [9.17, 15) is 4.79 Å². The minimum atomic E-state index is -0.349. The van der Waals surface area contributed by atoms with Crippen LogP contribution in [0, 0.1) is 0 Å². The van der Waals surface area contributed by atoms with E-state index in [0.29, 0.717) is 18.1 Å². The molecule has 0 N–H and O–H groups in total. The molecule has 1 atom stereocenters. The molecule has 1 unspecified atom stereocenters. The summed E-state index contributed by atoms with van der Waals surface area (Å²) in [5, 5.41) is 7.87. The fraction of sp³-hybridized carbons (Fsp3) is 0.455. The predicted molar refractivity (Wildman–Crippen MR) is 60.2 cm³/mol. The van der Waals surface area contributed by atoms with Crippen molar-refractivity contribution >= 4 is 5.78 Å². The molecule has 0 amide bonds. The van der Waals surface area contributed by atoms with Gasteiger partial charge >= 0.3 is 0 Å². The molecule has 0 aromatic carbocycles. The van der Waals surface area contributed by atoms with Gasteiger partial charge in [0.05, 0.1) is 17.7 Å². The van der Waals surface area contributed by atoms with E-state index in [2.05, 4.69) is 15.2 Å². The van der Waals surface area contributed by atoms with Crippen LogP contribution in [-0.2, 0) is 11.8 Å². The van der Waals surface area contributed by atoms with Crippen molar-refractivity contribution in [2.45, 2.75) is 26.2 Å². The molecule has 90 valence electrons. The molecule has 6 nitrogen and oxygen atoms in total. The fourth-order valence-corrected chi connectivity index (χ4v) is 1.51. The minimum Gasteiger partial charge on any atom is -0.338 e. The molecule has 0 radical (unpaired) electrons. The van der Waals surface area contributed by atoms with Crippen molar-refractivity contribution in [2.24, 2.45) is 7.05 Å². The topological polar surface area (TPSA) is 73.8 Å². The first-order valence-corrected chi connectivity index (χ1v) is 5.47. The van der Waals surface area contributed by atoms with Crippen molar-refractivity contribution in [3.8, 4) is 11.4 Å². The molecular weight excluding hydrogens is 220 g/mol. The van der Waals surface area contributed by atoms with Gasteiger partial charge in [-0.1, -0.05) is 12.1 Å². The lowest BCUT2D eigenvalue weighted by Crippen LogP contribution is -2.07. The molecule has 0 saturated heterocycles. The van der Waals surface area contributed by atoms with Crippen LogP contribution in [0.2, 0.25) is 0 Å². The van der Waals surface area contributed by atoms with Crippen LogP contribution in [0.15, 0.2) is 16.9 Å². The van der Waals surface area contributed by atoms with Crippen LogP contribution in [0.5, 0.6) is 0 Å². The van der Waals surface area contributed by atoms with Crippen molar-refractivity contribution in [3.05, 3.63) is 18.3 Å². The molecule has 2 heterocycles. The van der Waals surface area contributed by atoms with Crippen LogP contribution >= 0.6 is 0 Å². The molecule has 17 heavy (non-hydrogen) atoms. The van der Waals surface area contributed by atoms with Crippen LogP contribution in [0.1, 0.15) is 32.1 Å². The number of aryl methyl sites for hydroxylation is 1. The normalized spacial score (nSPS) is 12.6. The second kappa shape index (κ2) is 4.48. The Kier molecular flexibility index (Phi) is 3.03. The third-order valence-electron chi connectivity index (χ3n) is 2.61. The first-order chi connectivity index (χ1) is 8.11. The second-order valence-corrected chi connectivity index (χ2v) is 3.90. The zero-order chi connectivity index (χ0) is 12.4. The van der Waals surface area contributed by atoms with Crippen molar-refractivity contribution in [1.82, 2.24) is 19.9 Å². The van der Waals surface area contributed by atoms with Gasteiger partial charge < -0.3 is 4.52 Å². The van der Waals surface area contributed by atoms with Gasteiger partial charge in [0.15, 0.2) is 0 Å². The van der Waals surface area contributed by atoms with Gasteiger partial charge in [0.2, 0.25) is 11.7 Å². The Morgan fingerprint density at radius 1 is 1.59 bits per heavy atom. The van der Waals surface area contributed by atoms with Crippen molar-refractivity contribution < 1.29 is 9.32 Å². The second-order valence-electron chi connectivity index (χ2n) is 3.90. The number of carbonyl (C=O) groups excluding carboxylic acids is 1. The highest BCUT2D eigenvalue weighted by atomic mass is 16.5. The van der Waals surface area contributed by atoms with Crippen molar-refractivity contribution in [2.75, 3.05) is 0 Å². The maximum atomic E-state index is 11.5.